The number of rotatable bonds is 3. The van der Waals surface area contributed by atoms with Gasteiger partial charge < -0.3 is 15.4 Å². The molecule has 0 saturated carbocycles. The summed E-state index contributed by atoms with van der Waals surface area (Å²) < 4.78 is 5.74. The zero-order valence-electron chi connectivity index (χ0n) is 14.4. The molecule has 134 valence electrons. The fraction of sp³-hybridized carbons (Fsp3) is 0.300. The molecule has 2 amide bonds. The largest absolute Gasteiger partial charge is 0.492 e. The first-order chi connectivity index (χ1) is 12.7. The molecule has 0 bridgehead atoms. The van der Waals surface area contributed by atoms with Crippen molar-refractivity contribution in [3.8, 4) is 5.75 Å². The minimum absolute atomic E-state index is 0.0777. The standard InChI is InChI=1S/C20H21N3O3/c24-19-11-17(15-6-2-3-7-16(15)21-19)22-20(25)13-23-9-10-26-18-8-4-1-5-14(18)12-23/h1-8,17H,9-13H2,(H,21,24)(H,22,25). The molecule has 2 aromatic rings. The Morgan fingerprint density at radius 2 is 2.00 bits per heavy atom. The molecule has 0 aromatic heterocycles. The third kappa shape index (κ3) is 3.55. The molecule has 2 aliphatic rings. The summed E-state index contributed by atoms with van der Waals surface area (Å²) in [5, 5.41) is 5.86. The van der Waals surface area contributed by atoms with E-state index in [9.17, 15) is 9.59 Å². The highest BCUT2D eigenvalue weighted by molar-refractivity contribution is 5.95. The van der Waals surface area contributed by atoms with E-state index in [0.29, 0.717) is 19.7 Å². The lowest BCUT2D eigenvalue weighted by atomic mass is 9.97. The minimum atomic E-state index is -0.289. The Kier molecular flexibility index (Phi) is 4.58. The maximum atomic E-state index is 12.6. The summed E-state index contributed by atoms with van der Waals surface area (Å²) in [5.74, 6) is 0.721. The molecule has 4 rings (SSSR count). The number of para-hydroxylation sites is 2. The number of hydrogen-bond acceptors (Lipinski definition) is 4. The first-order valence-electron chi connectivity index (χ1n) is 8.80. The van der Waals surface area contributed by atoms with E-state index >= 15 is 0 Å². The monoisotopic (exact) mass is 351 g/mol. The molecule has 0 aliphatic carbocycles. The van der Waals surface area contributed by atoms with Crippen molar-refractivity contribution >= 4 is 17.5 Å². The summed E-state index contributed by atoms with van der Waals surface area (Å²) in [6.07, 6.45) is 0.259. The number of nitrogens with one attached hydrogen (secondary N) is 2. The van der Waals surface area contributed by atoms with Crippen LogP contribution in [0.4, 0.5) is 5.69 Å². The highest BCUT2D eigenvalue weighted by atomic mass is 16.5. The molecule has 2 aliphatic heterocycles. The lowest BCUT2D eigenvalue weighted by Crippen LogP contribution is -2.41. The van der Waals surface area contributed by atoms with Crippen LogP contribution >= 0.6 is 0 Å². The highest BCUT2D eigenvalue weighted by Crippen LogP contribution is 2.30. The minimum Gasteiger partial charge on any atom is -0.492 e. The number of carbonyl (C=O) groups excluding carboxylic acids is 2. The second-order valence-corrected chi connectivity index (χ2v) is 6.63. The van der Waals surface area contributed by atoms with Crippen LogP contribution in [0.1, 0.15) is 23.6 Å². The summed E-state index contributed by atoms with van der Waals surface area (Å²) in [6.45, 7) is 2.19. The Hall–Kier alpha value is -2.86. The predicted molar refractivity (Wildman–Crippen MR) is 97.8 cm³/mol. The maximum absolute atomic E-state index is 12.6. The van der Waals surface area contributed by atoms with Gasteiger partial charge in [-0.3, -0.25) is 14.5 Å². The number of nitrogens with zero attached hydrogens (tertiary/aromatic N) is 1. The van der Waals surface area contributed by atoms with Gasteiger partial charge in [0.2, 0.25) is 11.8 Å². The highest BCUT2D eigenvalue weighted by Gasteiger charge is 2.27. The number of anilines is 1. The first-order valence-corrected chi connectivity index (χ1v) is 8.80. The van der Waals surface area contributed by atoms with E-state index in [1.54, 1.807) is 0 Å². The smallest absolute Gasteiger partial charge is 0.234 e. The zero-order valence-corrected chi connectivity index (χ0v) is 14.4. The molecular formula is C20H21N3O3. The van der Waals surface area contributed by atoms with Crippen LogP contribution in [0.15, 0.2) is 48.5 Å². The van der Waals surface area contributed by atoms with Gasteiger partial charge in [0, 0.05) is 24.3 Å². The third-order valence-corrected chi connectivity index (χ3v) is 4.73. The fourth-order valence-corrected chi connectivity index (χ4v) is 3.50. The van der Waals surface area contributed by atoms with Crippen molar-refractivity contribution in [1.29, 1.82) is 0 Å². The summed E-state index contributed by atoms with van der Waals surface area (Å²) in [7, 11) is 0. The molecule has 26 heavy (non-hydrogen) atoms. The molecule has 2 heterocycles. The van der Waals surface area contributed by atoms with E-state index in [-0.39, 0.29) is 30.8 Å². The molecule has 1 unspecified atom stereocenters. The molecule has 6 heteroatoms. The Morgan fingerprint density at radius 3 is 2.92 bits per heavy atom. The van der Waals surface area contributed by atoms with E-state index in [2.05, 4.69) is 15.5 Å². The molecule has 0 radical (unpaired) electrons. The number of ether oxygens (including phenoxy) is 1. The van der Waals surface area contributed by atoms with Crippen LogP contribution in [0.3, 0.4) is 0 Å². The summed E-state index contributed by atoms with van der Waals surface area (Å²) >= 11 is 0. The van der Waals surface area contributed by atoms with Gasteiger partial charge in [0.1, 0.15) is 12.4 Å². The molecule has 0 saturated heterocycles. The first kappa shape index (κ1) is 16.6. The quantitative estimate of drug-likeness (QED) is 0.888. The van der Waals surface area contributed by atoms with Gasteiger partial charge in [-0.1, -0.05) is 36.4 Å². The second-order valence-electron chi connectivity index (χ2n) is 6.63. The van der Waals surface area contributed by atoms with E-state index in [0.717, 1.165) is 22.6 Å². The van der Waals surface area contributed by atoms with Crippen molar-refractivity contribution in [2.24, 2.45) is 0 Å². The zero-order chi connectivity index (χ0) is 17.9. The Bertz CT molecular complexity index is 837. The summed E-state index contributed by atoms with van der Waals surface area (Å²) in [6, 6.07) is 15.2. The maximum Gasteiger partial charge on any atom is 0.234 e. The van der Waals surface area contributed by atoms with Crippen LogP contribution in [0.25, 0.3) is 0 Å². The average Bonchev–Trinajstić information content (AvgIpc) is 2.83. The van der Waals surface area contributed by atoms with Crippen LogP contribution in [0, 0.1) is 0 Å². The molecule has 2 aromatic carbocycles. The average molecular weight is 351 g/mol. The van der Waals surface area contributed by atoms with Gasteiger partial charge in [-0.2, -0.15) is 0 Å². The van der Waals surface area contributed by atoms with Crippen LogP contribution in [0.2, 0.25) is 0 Å². The van der Waals surface area contributed by atoms with Crippen molar-refractivity contribution in [2.75, 3.05) is 25.0 Å². The van der Waals surface area contributed by atoms with Crippen LogP contribution < -0.4 is 15.4 Å². The molecule has 6 nitrogen and oxygen atoms in total. The van der Waals surface area contributed by atoms with Crippen LogP contribution in [0.5, 0.6) is 5.75 Å². The van der Waals surface area contributed by atoms with Gasteiger partial charge in [0.15, 0.2) is 0 Å². The third-order valence-electron chi connectivity index (χ3n) is 4.73. The Morgan fingerprint density at radius 1 is 1.19 bits per heavy atom. The van der Waals surface area contributed by atoms with Gasteiger partial charge >= 0.3 is 0 Å². The number of benzene rings is 2. The lowest BCUT2D eigenvalue weighted by Gasteiger charge is -2.27. The number of hydrogen-bond donors (Lipinski definition) is 2. The van der Waals surface area contributed by atoms with Crippen LogP contribution in [-0.4, -0.2) is 36.4 Å². The lowest BCUT2D eigenvalue weighted by molar-refractivity contribution is -0.123. The van der Waals surface area contributed by atoms with Crippen molar-refractivity contribution < 1.29 is 14.3 Å². The summed E-state index contributed by atoms with van der Waals surface area (Å²) in [5.41, 5.74) is 2.80. The van der Waals surface area contributed by atoms with Gasteiger partial charge in [-0.05, 0) is 17.7 Å². The summed E-state index contributed by atoms with van der Waals surface area (Å²) in [4.78, 5) is 26.6. The fourth-order valence-electron chi connectivity index (χ4n) is 3.50. The van der Waals surface area contributed by atoms with E-state index in [1.807, 2.05) is 48.5 Å². The van der Waals surface area contributed by atoms with Crippen molar-refractivity contribution in [3.63, 3.8) is 0 Å². The Balaban J connectivity index is 1.42. The van der Waals surface area contributed by atoms with E-state index < -0.39 is 0 Å². The molecule has 1 atom stereocenters. The Labute approximate surface area is 152 Å². The molecule has 2 N–H and O–H groups in total. The van der Waals surface area contributed by atoms with Crippen molar-refractivity contribution in [1.82, 2.24) is 10.2 Å². The van der Waals surface area contributed by atoms with Crippen LogP contribution in [-0.2, 0) is 16.1 Å². The van der Waals surface area contributed by atoms with E-state index in [4.69, 9.17) is 4.74 Å². The number of amides is 2. The van der Waals surface area contributed by atoms with Crippen molar-refractivity contribution in [2.45, 2.75) is 19.0 Å². The SMILES string of the molecule is O=C1CC(NC(=O)CN2CCOc3ccccc3C2)c2ccccc2N1. The van der Waals surface area contributed by atoms with Gasteiger partial charge in [0.25, 0.3) is 0 Å². The predicted octanol–water partition coefficient (Wildman–Crippen LogP) is 2.08. The topological polar surface area (TPSA) is 70.7 Å². The number of carbonyl (C=O) groups is 2. The van der Waals surface area contributed by atoms with Gasteiger partial charge in [-0.15, -0.1) is 0 Å². The number of fused-ring (bicyclic) bond motifs is 2. The van der Waals surface area contributed by atoms with Crippen molar-refractivity contribution in [3.05, 3.63) is 59.7 Å². The molecule has 0 spiro atoms. The molecular weight excluding hydrogens is 330 g/mol. The van der Waals surface area contributed by atoms with Gasteiger partial charge in [0.05, 0.1) is 19.0 Å². The second kappa shape index (κ2) is 7.17. The normalized spacial score (nSPS) is 19.4. The van der Waals surface area contributed by atoms with Gasteiger partial charge in [-0.25, -0.2) is 0 Å². The molecule has 0 fully saturated rings. The van der Waals surface area contributed by atoms with E-state index in [1.165, 1.54) is 0 Å².